The summed E-state index contributed by atoms with van der Waals surface area (Å²) in [6, 6.07) is 12.4. The van der Waals surface area contributed by atoms with Crippen LogP contribution in [0.3, 0.4) is 0 Å². The van der Waals surface area contributed by atoms with Gasteiger partial charge in [0.05, 0.1) is 6.42 Å². The molecule has 3 rings (SSSR count). The summed E-state index contributed by atoms with van der Waals surface area (Å²) >= 11 is 5.95. The van der Waals surface area contributed by atoms with Gasteiger partial charge in [-0.05, 0) is 36.8 Å². The fourth-order valence-electron chi connectivity index (χ4n) is 2.30. The molecule has 128 valence electrons. The van der Waals surface area contributed by atoms with Gasteiger partial charge < -0.3 is 9.84 Å². The van der Waals surface area contributed by atoms with Gasteiger partial charge in [-0.3, -0.25) is 4.79 Å². The molecule has 5 nitrogen and oxygen atoms in total. The number of rotatable bonds is 5. The highest BCUT2D eigenvalue weighted by molar-refractivity contribution is 6.30. The van der Waals surface area contributed by atoms with Crippen LogP contribution >= 0.6 is 11.6 Å². The van der Waals surface area contributed by atoms with Crippen molar-refractivity contribution < 1.29 is 13.7 Å². The first-order valence-corrected chi connectivity index (χ1v) is 8.02. The zero-order valence-corrected chi connectivity index (χ0v) is 14.1. The second kappa shape index (κ2) is 7.44. The van der Waals surface area contributed by atoms with E-state index in [0.29, 0.717) is 16.7 Å². The van der Waals surface area contributed by atoms with Crippen molar-refractivity contribution in [3.05, 3.63) is 70.8 Å². The van der Waals surface area contributed by atoms with Crippen molar-refractivity contribution >= 4 is 17.5 Å². The van der Waals surface area contributed by atoms with Gasteiger partial charge in [0.25, 0.3) is 0 Å². The van der Waals surface area contributed by atoms with Crippen molar-refractivity contribution in [3.8, 4) is 11.4 Å². The molecule has 0 bridgehead atoms. The maximum absolute atomic E-state index is 12.9. The highest BCUT2D eigenvalue weighted by atomic mass is 35.5. The van der Waals surface area contributed by atoms with Gasteiger partial charge in [-0.25, -0.2) is 4.39 Å². The number of benzene rings is 2. The van der Waals surface area contributed by atoms with Crippen LogP contribution < -0.4 is 5.32 Å². The molecule has 25 heavy (non-hydrogen) atoms. The van der Waals surface area contributed by atoms with Crippen LogP contribution in [-0.2, 0) is 11.2 Å². The highest BCUT2D eigenvalue weighted by Gasteiger charge is 2.17. The van der Waals surface area contributed by atoms with Gasteiger partial charge in [-0.2, -0.15) is 4.98 Å². The fraction of sp³-hybridized carbons (Fsp3) is 0.167. The summed E-state index contributed by atoms with van der Waals surface area (Å²) in [5.74, 6) is 0.137. The summed E-state index contributed by atoms with van der Waals surface area (Å²) in [4.78, 5) is 16.4. The monoisotopic (exact) mass is 359 g/mol. The molecule has 0 aliphatic carbocycles. The molecule has 0 radical (unpaired) electrons. The Hall–Kier alpha value is -2.73. The largest absolute Gasteiger partial charge is 0.344 e. The molecule has 0 saturated heterocycles. The molecule has 1 N–H and O–H groups in total. The van der Waals surface area contributed by atoms with E-state index in [1.54, 1.807) is 37.3 Å². The Balaban J connectivity index is 1.64. The maximum Gasteiger partial charge on any atom is 0.249 e. The van der Waals surface area contributed by atoms with Crippen LogP contribution in [-0.4, -0.2) is 16.0 Å². The molecule has 1 amide bonds. The average Bonchev–Trinajstić information content (AvgIpc) is 3.07. The minimum atomic E-state index is -0.451. The lowest BCUT2D eigenvalue weighted by atomic mass is 10.1. The molecule has 0 fully saturated rings. The number of halogens is 2. The van der Waals surface area contributed by atoms with E-state index in [1.165, 1.54) is 12.1 Å². The van der Waals surface area contributed by atoms with Gasteiger partial charge in [0.15, 0.2) is 0 Å². The van der Waals surface area contributed by atoms with E-state index in [0.717, 1.165) is 11.1 Å². The van der Waals surface area contributed by atoms with E-state index in [2.05, 4.69) is 15.5 Å². The summed E-state index contributed by atoms with van der Waals surface area (Å²) < 4.78 is 18.1. The third kappa shape index (κ3) is 4.42. The predicted molar refractivity (Wildman–Crippen MR) is 91.4 cm³/mol. The smallest absolute Gasteiger partial charge is 0.249 e. The SMILES string of the molecule is CC(NC(=O)Cc1ccc(F)cc1)c1nc(-c2cccc(Cl)c2)no1. The summed E-state index contributed by atoms with van der Waals surface area (Å²) in [7, 11) is 0. The lowest BCUT2D eigenvalue weighted by Crippen LogP contribution is -2.28. The number of hydrogen-bond donors (Lipinski definition) is 1. The zero-order valence-electron chi connectivity index (χ0n) is 13.4. The Bertz CT molecular complexity index is 880. The van der Waals surface area contributed by atoms with E-state index in [1.807, 2.05) is 6.07 Å². The van der Waals surface area contributed by atoms with Crippen molar-refractivity contribution in [1.29, 1.82) is 0 Å². The van der Waals surface area contributed by atoms with Gasteiger partial charge in [0.2, 0.25) is 17.6 Å². The van der Waals surface area contributed by atoms with Crippen molar-refractivity contribution in [3.63, 3.8) is 0 Å². The Morgan fingerprint density at radius 3 is 2.76 bits per heavy atom. The molecule has 0 saturated carbocycles. The molecular formula is C18H15ClFN3O2. The number of hydrogen-bond acceptors (Lipinski definition) is 4. The van der Waals surface area contributed by atoms with E-state index < -0.39 is 6.04 Å². The topological polar surface area (TPSA) is 68.0 Å². The molecule has 7 heteroatoms. The van der Waals surface area contributed by atoms with Gasteiger partial charge >= 0.3 is 0 Å². The van der Waals surface area contributed by atoms with Crippen molar-refractivity contribution in [2.75, 3.05) is 0 Å². The summed E-state index contributed by atoms with van der Waals surface area (Å²) in [5.41, 5.74) is 1.45. The maximum atomic E-state index is 12.9. The van der Waals surface area contributed by atoms with Gasteiger partial charge in [0, 0.05) is 10.6 Å². The van der Waals surface area contributed by atoms with Crippen LogP contribution in [0.2, 0.25) is 5.02 Å². The number of carbonyl (C=O) groups excluding carboxylic acids is 1. The number of nitrogens with one attached hydrogen (secondary N) is 1. The summed E-state index contributed by atoms with van der Waals surface area (Å²) in [5, 5.41) is 7.27. The van der Waals surface area contributed by atoms with E-state index >= 15 is 0 Å². The lowest BCUT2D eigenvalue weighted by Gasteiger charge is -2.09. The fourth-order valence-corrected chi connectivity index (χ4v) is 2.49. The van der Waals surface area contributed by atoms with E-state index in [4.69, 9.17) is 16.1 Å². The zero-order chi connectivity index (χ0) is 17.8. The Morgan fingerprint density at radius 2 is 2.04 bits per heavy atom. The van der Waals surface area contributed by atoms with Crippen LogP contribution in [0.1, 0.15) is 24.4 Å². The molecule has 0 spiro atoms. The lowest BCUT2D eigenvalue weighted by molar-refractivity contribution is -0.121. The van der Waals surface area contributed by atoms with Gasteiger partial charge in [0.1, 0.15) is 11.9 Å². The summed E-state index contributed by atoms with van der Waals surface area (Å²) in [6.07, 6.45) is 0.139. The van der Waals surface area contributed by atoms with Crippen LogP contribution in [0, 0.1) is 5.82 Å². The normalized spacial score (nSPS) is 12.0. The second-order valence-electron chi connectivity index (χ2n) is 5.56. The first-order valence-electron chi connectivity index (χ1n) is 7.64. The summed E-state index contributed by atoms with van der Waals surface area (Å²) in [6.45, 7) is 1.75. The molecule has 1 unspecified atom stereocenters. The van der Waals surface area contributed by atoms with Gasteiger partial charge in [-0.1, -0.05) is 41.0 Å². The first kappa shape index (κ1) is 17.1. The van der Waals surface area contributed by atoms with Gasteiger partial charge in [-0.15, -0.1) is 0 Å². The number of amides is 1. The molecule has 1 atom stereocenters. The predicted octanol–water partition coefficient (Wildman–Crippen LogP) is 3.95. The van der Waals surface area contributed by atoms with Crippen molar-refractivity contribution in [2.24, 2.45) is 0 Å². The third-order valence-corrected chi connectivity index (χ3v) is 3.79. The molecular weight excluding hydrogens is 345 g/mol. The minimum absolute atomic E-state index is 0.139. The second-order valence-corrected chi connectivity index (χ2v) is 6.00. The van der Waals surface area contributed by atoms with Crippen LogP contribution in [0.5, 0.6) is 0 Å². The molecule has 1 heterocycles. The van der Waals surface area contributed by atoms with E-state index in [9.17, 15) is 9.18 Å². The first-order chi connectivity index (χ1) is 12.0. The molecule has 0 aliphatic rings. The number of nitrogens with zero attached hydrogens (tertiary/aromatic N) is 2. The van der Waals surface area contributed by atoms with Crippen molar-refractivity contribution in [2.45, 2.75) is 19.4 Å². The number of carbonyl (C=O) groups is 1. The Labute approximate surface area is 148 Å². The Kier molecular flexibility index (Phi) is 5.09. The quantitative estimate of drug-likeness (QED) is 0.749. The molecule has 1 aromatic heterocycles. The standard InChI is InChI=1S/C18H15ClFN3O2/c1-11(21-16(24)9-12-5-7-15(20)8-6-12)18-22-17(23-25-18)13-3-2-4-14(19)10-13/h2-8,10-11H,9H2,1H3,(H,21,24). The molecule has 2 aromatic carbocycles. The third-order valence-electron chi connectivity index (χ3n) is 3.55. The van der Waals surface area contributed by atoms with Crippen LogP contribution in [0.4, 0.5) is 4.39 Å². The van der Waals surface area contributed by atoms with Crippen LogP contribution in [0.25, 0.3) is 11.4 Å². The highest BCUT2D eigenvalue weighted by Crippen LogP contribution is 2.21. The average molecular weight is 360 g/mol. The molecule has 0 aliphatic heterocycles. The van der Waals surface area contributed by atoms with E-state index in [-0.39, 0.29) is 18.1 Å². The minimum Gasteiger partial charge on any atom is -0.344 e. The molecule has 3 aromatic rings. The van der Waals surface area contributed by atoms with Crippen LogP contribution in [0.15, 0.2) is 53.1 Å². The Morgan fingerprint density at radius 1 is 1.28 bits per heavy atom. The van der Waals surface area contributed by atoms with Crippen molar-refractivity contribution in [1.82, 2.24) is 15.5 Å². The number of aromatic nitrogens is 2.